The van der Waals surface area contributed by atoms with Crippen LogP contribution in [0.1, 0.15) is 33.4 Å². The van der Waals surface area contributed by atoms with Gasteiger partial charge in [0.2, 0.25) is 5.91 Å². The molecule has 0 atom stereocenters. The van der Waals surface area contributed by atoms with Crippen molar-refractivity contribution >= 4 is 11.6 Å². The van der Waals surface area contributed by atoms with Gasteiger partial charge in [-0.15, -0.1) is 0 Å². The van der Waals surface area contributed by atoms with Crippen molar-refractivity contribution < 1.29 is 4.79 Å². The Labute approximate surface area is 108 Å². The monoisotopic (exact) mass is 247 g/mol. The van der Waals surface area contributed by atoms with Crippen molar-refractivity contribution in [3.05, 3.63) is 24.0 Å². The first-order valence-corrected chi connectivity index (χ1v) is 6.25. The zero-order valence-corrected chi connectivity index (χ0v) is 11.4. The lowest BCUT2D eigenvalue weighted by Gasteiger charge is -2.06. The van der Waals surface area contributed by atoms with Crippen LogP contribution in [0.4, 0.5) is 5.69 Å². The number of anilines is 1. The lowest BCUT2D eigenvalue weighted by Crippen LogP contribution is -2.31. The van der Waals surface area contributed by atoms with Gasteiger partial charge in [-0.3, -0.25) is 9.78 Å². The van der Waals surface area contributed by atoms with Gasteiger partial charge in [-0.2, -0.15) is 0 Å². The van der Waals surface area contributed by atoms with Gasteiger partial charge in [-0.25, -0.2) is 0 Å². The molecule has 0 aromatic carbocycles. The Morgan fingerprint density at radius 3 is 2.39 bits per heavy atom. The van der Waals surface area contributed by atoms with Gasteiger partial charge in [-0.1, -0.05) is 27.7 Å². The Morgan fingerprint density at radius 2 is 1.94 bits per heavy atom. The smallest absolute Gasteiger partial charge is 0.226 e. The van der Waals surface area contributed by atoms with Crippen LogP contribution in [0.15, 0.2) is 18.3 Å². The molecule has 98 valence electrons. The number of hydrogen-bond donors (Lipinski definition) is 2. The van der Waals surface area contributed by atoms with Crippen molar-refractivity contribution in [1.29, 1.82) is 0 Å². The third-order valence-corrected chi connectivity index (χ3v) is 4.52. The second-order valence-corrected chi connectivity index (χ2v) is 6.20. The first kappa shape index (κ1) is 12.9. The molecule has 0 saturated heterocycles. The fourth-order valence-corrected chi connectivity index (χ4v) is 2.47. The molecule has 1 aromatic rings. The van der Waals surface area contributed by atoms with Gasteiger partial charge in [0.1, 0.15) is 0 Å². The largest absolute Gasteiger partial charge is 0.397 e. The molecule has 3 N–H and O–H groups in total. The van der Waals surface area contributed by atoms with Crippen LogP contribution in [-0.2, 0) is 11.2 Å². The number of carbonyl (C=O) groups excluding carboxylic acids is 1. The molecule has 0 aliphatic heterocycles. The molecule has 0 spiro atoms. The maximum absolute atomic E-state index is 11.9. The van der Waals surface area contributed by atoms with Gasteiger partial charge in [0.25, 0.3) is 0 Å². The Morgan fingerprint density at radius 1 is 1.33 bits per heavy atom. The number of aromatic nitrogens is 1. The number of nitrogen functional groups attached to an aromatic ring is 1. The highest BCUT2D eigenvalue weighted by Gasteiger charge is 2.65. The zero-order valence-electron chi connectivity index (χ0n) is 11.4. The highest BCUT2D eigenvalue weighted by atomic mass is 16.1. The molecule has 4 nitrogen and oxygen atoms in total. The minimum absolute atomic E-state index is 0.0240. The molecule has 1 aliphatic carbocycles. The van der Waals surface area contributed by atoms with Crippen LogP contribution < -0.4 is 11.1 Å². The summed E-state index contributed by atoms with van der Waals surface area (Å²) in [6.07, 6.45) is 1.89. The minimum Gasteiger partial charge on any atom is -0.397 e. The third-order valence-electron chi connectivity index (χ3n) is 4.52. The molecule has 18 heavy (non-hydrogen) atoms. The van der Waals surface area contributed by atoms with E-state index in [-0.39, 0.29) is 22.8 Å². The molecule has 1 fully saturated rings. The summed E-state index contributed by atoms with van der Waals surface area (Å²) in [6, 6.07) is 3.80. The van der Waals surface area contributed by atoms with Crippen molar-refractivity contribution in [2.75, 3.05) is 5.73 Å². The molecule has 1 amide bonds. The van der Waals surface area contributed by atoms with Gasteiger partial charge in [-0.05, 0) is 23.0 Å². The quantitative estimate of drug-likeness (QED) is 0.855. The number of nitrogens with one attached hydrogen (secondary N) is 1. The lowest BCUT2D eigenvalue weighted by atomic mass is 10.0. The predicted molar refractivity (Wildman–Crippen MR) is 71.8 cm³/mol. The summed E-state index contributed by atoms with van der Waals surface area (Å²) in [6.45, 7) is 8.72. The Bertz CT molecular complexity index is 448. The zero-order chi connectivity index (χ0) is 13.6. The van der Waals surface area contributed by atoms with E-state index in [1.807, 2.05) is 0 Å². The van der Waals surface area contributed by atoms with E-state index in [9.17, 15) is 4.79 Å². The predicted octanol–water partition coefficient (Wildman–Crippen LogP) is 1.76. The minimum atomic E-state index is 0.0240. The number of amides is 1. The number of carbonyl (C=O) groups is 1. The molecule has 0 bridgehead atoms. The summed E-state index contributed by atoms with van der Waals surface area (Å²) in [5, 5.41) is 3.09. The number of hydrogen-bond acceptors (Lipinski definition) is 3. The van der Waals surface area contributed by atoms with E-state index in [0.29, 0.717) is 12.1 Å². The van der Waals surface area contributed by atoms with Crippen molar-refractivity contribution in [2.24, 2.45) is 10.8 Å². The van der Waals surface area contributed by atoms with E-state index in [0.717, 1.165) is 5.69 Å². The molecular weight excluding hydrogens is 226 g/mol. The van der Waals surface area contributed by atoms with Crippen LogP contribution >= 0.6 is 0 Å². The van der Waals surface area contributed by atoms with Crippen LogP contribution in [0.3, 0.4) is 0 Å². The maximum atomic E-state index is 11.9. The van der Waals surface area contributed by atoms with Crippen molar-refractivity contribution in [1.82, 2.24) is 10.3 Å². The number of rotatable bonds is 3. The highest BCUT2D eigenvalue weighted by molar-refractivity contribution is 5.79. The van der Waals surface area contributed by atoms with Crippen molar-refractivity contribution in [3.8, 4) is 0 Å². The highest BCUT2D eigenvalue weighted by Crippen LogP contribution is 2.62. The van der Waals surface area contributed by atoms with Gasteiger partial charge in [0.05, 0.1) is 18.3 Å². The lowest BCUT2D eigenvalue weighted by molar-refractivity contribution is -0.120. The number of nitrogens with zero attached hydrogens (tertiary/aromatic N) is 1. The van der Waals surface area contributed by atoms with E-state index < -0.39 is 0 Å². The van der Waals surface area contributed by atoms with Crippen LogP contribution in [0.5, 0.6) is 0 Å². The summed E-state index contributed by atoms with van der Waals surface area (Å²) in [7, 11) is 0. The number of pyridine rings is 1. The van der Waals surface area contributed by atoms with Crippen LogP contribution in [0.25, 0.3) is 0 Å². The van der Waals surface area contributed by atoms with Gasteiger partial charge < -0.3 is 11.1 Å². The maximum Gasteiger partial charge on any atom is 0.226 e. The van der Waals surface area contributed by atoms with E-state index in [1.54, 1.807) is 18.3 Å². The molecule has 4 heteroatoms. The summed E-state index contributed by atoms with van der Waals surface area (Å²) in [5.74, 6) is 0.0240. The fraction of sp³-hybridized carbons (Fsp3) is 0.571. The summed E-state index contributed by atoms with van der Waals surface area (Å²) in [5.41, 5.74) is 7.25. The van der Waals surface area contributed by atoms with E-state index in [1.165, 1.54) is 0 Å². The van der Waals surface area contributed by atoms with Crippen molar-refractivity contribution in [2.45, 2.75) is 40.2 Å². The molecule has 2 rings (SSSR count). The van der Waals surface area contributed by atoms with Crippen LogP contribution in [0.2, 0.25) is 0 Å². The molecule has 1 saturated carbocycles. The second kappa shape index (κ2) is 3.97. The summed E-state index contributed by atoms with van der Waals surface area (Å²) < 4.78 is 0. The molecule has 0 unspecified atom stereocenters. The van der Waals surface area contributed by atoms with Crippen LogP contribution in [0, 0.1) is 10.8 Å². The van der Waals surface area contributed by atoms with Gasteiger partial charge in [0, 0.05) is 11.7 Å². The Hall–Kier alpha value is -1.58. The molecule has 1 heterocycles. The average molecular weight is 247 g/mol. The van der Waals surface area contributed by atoms with Gasteiger partial charge >= 0.3 is 0 Å². The Balaban J connectivity index is 1.93. The SMILES string of the molecule is CC1(C)C(NC(=O)Cc2ccc(N)cn2)C1(C)C. The Kier molecular flexibility index (Phi) is 2.84. The molecular formula is C14H21N3O. The van der Waals surface area contributed by atoms with E-state index in [4.69, 9.17) is 5.73 Å². The normalized spacial score (nSPS) is 20.4. The van der Waals surface area contributed by atoms with Gasteiger partial charge in [0.15, 0.2) is 0 Å². The topological polar surface area (TPSA) is 68.0 Å². The standard InChI is InChI=1S/C14H21N3O/c1-13(2)12(14(13,3)4)17-11(18)7-10-6-5-9(15)8-16-10/h5-6,8,12H,7,15H2,1-4H3,(H,17,18). The fourth-order valence-electron chi connectivity index (χ4n) is 2.47. The van der Waals surface area contributed by atoms with E-state index >= 15 is 0 Å². The first-order valence-electron chi connectivity index (χ1n) is 6.25. The van der Waals surface area contributed by atoms with E-state index in [2.05, 4.69) is 38.0 Å². The summed E-state index contributed by atoms with van der Waals surface area (Å²) >= 11 is 0. The molecule has 1 aliphatic rings. The third kappa shape index (κ3) is 2.07. The van der Waals surface area contributed by atoms with Crippen LogP contribution in [-0.4, -0.2) is 16.9 Å². The summed E-state index contributed by atoms with van der Waals surface area (Å²) in [4.78, 5) is 16.1. The van der Waals surface area contributed by atoms with Crippen molar-refractivity contribution in [3.63, 3.8) is 0 Å². The molecule has 1 aromatic heterocycles. The second-order valence-electron chi connectivity index (χ2n) is 6.20. The first-order chi connectivity index (χ1) is 8.25. The molecule has 0 radical (unpaired) electrons. The number of nitrogens with two attached hydrogens (primary N) is 1. The average Bonchev–Trinajstić information content (AvgIpc) is 2.64.